The largest absolute Gasteiger partial charge is 0.394 e. The molecule has 0 saturated heterocycles. The Labute approximate surface area is 111 Å². The molecule has 0 radical (unpaired) electrons. The lowest BCUT2D eigenvalue weighted by atomic mass is 10.4. The van der Waals surface area contributed by atoms with Gasteiger partial charge in [0.05, 0.1) is 0 Å². The predicted molar refractivity (Wildman–Crippen MR) is 75.8 cm³/mol. The van der Waals surface area contributed by atoms with Gasteiger partial charge >= 0.3 is 0 Å². The van der Waals surface area contributed by atoms with Gasteiger partial charge in [-0.1, -0.05) is 30.0 Å². The maximum Gasteiger partial charge on any atom is 0.154 e. The standard InChI is InChI=1S/C13H16N4S/c1-9(2)17-12-11(14)13(16-8-15-12)18-10-6-4-3-5-7-10/h3-9H,14H2,1-2H3,(H,15,16,17). The second-order valence-electron chi connectivity index (χ2n) is 4.16. The number of aromatic nitrogens is 2. The Morgan fingerprint density at radius 1 is 1.17 bits per heavy atom. The van der Waals surface area contributed by atoms with Crippen LogP contribution < -0.4 is 11.1 Å². The molecule has 4 nitrogen and oxygen atoms in total. The first-order valence-electron chi connectivity index (χ1n) is 5.76. The number of rotatable bonds is 4. The van der Waals surface area contributed by atoms with Crippen LogP contribution in [-0.2, 0) is 0 Å². The van der Waals surface area contributed by atoms with Crippen LogP contribution in [0, 0.1) is 0 Å². The monoisotopic (exact) mass is 260 g/mol. The predicted octanol–water partition coefficient (Wildman–Crippen LogP) is 3.03. The van der Waals surface area contributed by atoms with Gasteiger partial charge in [-0.3, -0.25) is 0 Å². The van der Waals surface area contributed by atoms with Crippen molar-refractivity contribution < 1.29 is 0 Å². The molecule has 0 spiro atoms. The molecule has 0 amide bonds. The summed E-state index contributed by atoms with van der Waals surface area (Å²) in [7, 11) is 0. The van der Waals surface area contributed by atoms with Crippen LogP contribution in [0.25, 0.3) is 0 Å². The van der Waals surface area contributed by atoms with E-state index < -0.39 is 0 Å². The summed E-state index contributed by atoms with van der Waals surface area (Å²) in [5.74, 6) is 0.693. The molecule has 2 rings (SSSR count). The van der Waals surface area contributed by atoms with E-state index in [1.165, 1.54) is 18.1 Å². The number of nitrogens with two attached hydrogens (primary N) is 1. The SMILES string of the molecule is CC(C)Nc1ncnc(Sc2ccccc2)c1N. The van der Waals surface area contributed by atoms with Crippen molar-refractivity contribution >= 4 is 23.3 Å². The maximum absolute atomic E-state index is 6.07. The van der Waals surface area contributed by atoms with Crippen LogP contribution in [0.3, 0.4) is 0 Å². The first kappa shape index (κ1) is 12.7. The van der Waals surface area contributed by atoms with Gasteiger partial charge in [-0.25, -0.2) is 9.97 Å². The second kappa shape index (κ2) is 5.73. The molecular weight excluding hydrogens is 244 g/mol. The zero-order valence-corrected chi connectivity index (χ0v) is 11.2. The molecule has 0 saturated carbocycles. The number of hydrogen-bond acceptors (Lipinski definition) is 5. The van der Waals surface area contributed by atoms with Crippen LogP contribution in [-0.4, -0.2) is 16.0 Å². The fourth-order valence-electron chi connectivity index (χ4n) is 1.45. The number of nitrogen functional groups attached to an aromatic ring is 1. The summed E-state index contributed by atoms with van der Waals surface area (Å²) in [6, 6.07) is 10.3. The van der Waals surface area contributed by atoms with Crippen LogP contribution in [0.5, 0.6) is 0 Å². The van der Waals surface area contributed by atoms with Crippen LogP contribution in [0.4, 0.5) is 11.5 Å². The van der Waals surface area contributed by atoms with Gasteiger partial charge in [0.15, 0.2) is 5.82 Å². The van der Waals surface area contributed by atoms with Gasteiger partial charge in [-0.05, 0) is 26.0 Å². The average Bonchev–Trinajstić information content (AvgIpc) is 2.35. The van der Waals surface area contributed by atoms with E-state index in [2.05, 4.69) is 15.3 Å². The number of nitrogens with one attached hydrogen (secondary N) is 1. The minimum Gasteiger partial charge on any atom is -0.394 e. The molecule has 5 heteroatoms. The third-order valence-corrected chi connectivity index (χ3v) is 3.26. The Balaban J connectivity index is 2.23. The van der Waals surface area contributed by atoms with Crippen LogP contribution >= 0.6 is 11.8 Å². The Kier molecular flexibility index (Phi) is 4.04. The molecule has 94 valence electrons. The van der Waals surface area contributed by atoms with Gasteiger partial charge in [0.1, 0.15) is 17.0 Å². The maximum atomic E-state index is 6.07. The second-order valence-corrected chi connectivity index (χ2v) is 5.22. The lowest BCUT2D eigenvalue weighted by Gasteiger charge is -2.12. The summed E-state index contributed by atoms with van der Waals surface area (Å²) in [6.45, 7) is 4.09. The molecule has 1 aromatic heterocycles. The summed E-state index contributed by atoms with van der Waals surface area (Å²) in [5, 5.41) is 3.99. The zero-order valence-electron chi connectivity index (χ0n) is 10.4. The molecule has 1 aromatic carbocycles. The number of anilines is 2. The Hall–Kier alpha value is -1.75. The highest BCUT2D eigenvalue weighted by atomic mass is 32.2. The van der Waals surface area contributed by atoms with Crippen molar-refractivity contribution in [2.45, 2.75) is 29.8 Å². The molecule has 1 heterocycles. The quantitative estimate of drug-likeness (QED) is 0.827. The molecule has 0 aliphatic heterocycles. The van der Waals surface area contributed by atoms with E-state index in [0.717, 1.165) is 9.92 Å². The van der Waals surface area contributed by atoms with Crippen molar-refractivity contribution in [3.05, 3.63) is 36.7 Å². The zero-order chi connectivity index (χ0) is 13.0. The summed E-state index contributed by atoms with van der Waals surface area (Å²) < 4.78 is 0. The van der Waals surface area contributed by atoms with Crippen molar-refractivity contribution in [1.82, 2.24) is 9.97 Å². The highest BCUT2D eigenvalue weighted by Gasteiger charge is 2.09. The highest BCUT2D eigenvalue weighted by molar-refractivity contribution is 7.99. The van der Waals surface area contributed by atoms with Crippen molar-refractivity contribution in [3.63, 3.8) is 0 Å². The first-order chi connectivity index (χ1) is 8.66. The average molecular weight is 260 g/mol. The molecule has 2 aromatic rings. The van der Waals surface area contributed by atoms with E-state index in [4.69, 9.17) is 5.73 Å². The van der Waals surface area contributed by atoms with Crippen LogP contribution in [0.1, 0.15) is 13.8 Å². The van der Waals surface area contributed by atoms with E-state index in [9.17, 15) is 0 Å². The third-order valence-electron chi connectivity index (χ3n) is 2.23. The fourth-order valence-corrected chi connectivity index (χ4v) is 2.27. The normalized spacial score (nSPS) is 10.6. The fraction of sp³-hybridized carbons (Fsp3) is 0.231. The van der Waals surface area contributed by atoms with Crippen molar-refractivity contribution in [2.75, 3.05) is 11.1 Å². The lowest BCUT2D eigenvalue weighted by molar-refractivity contribution is 0.882. The molecule has 0 unspecified atom stereocenters. The van der Waals surface area contributed by atoms with Gasteiger partial charge in [0.25, 0.3) is 0 Å². The van der Waals surface area contributed by atoms with Crippen LogP contribution in [0.2, 0.25) is 0 Å². The minimum atomic E-state index is 0.289. The number of nitrogens with zero attached hydrogens (tertiary/aromatic N) is 2. The lowest BCUT2D eigenvalue weighted by Crippen LogP contribution is -2.13. The molecule has 3 N–H and O–H groups in total. The van der Waals surface area contributed by atoms with E-state index in [-0.39, 0.29) is 6.04 Å². The molecule has 0 fully saturated rings. The van der Waals surface area contributed by atoms with E-state index in [1.54, 1.807) is 0 Å². The van der Waals surface area contributed by atoms with Gasteiger partial charge in [-0.15, -0.1) is 0 Å². The van der Waals surface area contributed by atoms with E-state index in [1.807, 2.05) is 44.2 Å². The van der Waals surface area contributed by atoms with E-state index >= 15 is 0 Å². The van der Waals surface area contributed by atoms with Crippen molar-refractivity contribution in [3.8, 4) is 0 Å². The topological polar surface area (TPSA) is 63.8 Å². The summed E-state index contributed by atoms with van der Waals surface area (Å²) in [5.41, 5.74) is 6.67. The summed E-state index contributed by atoms with van der Waals surface area (Å²) in [4.78, 5) is 9.50. The van der Waals surface area contributed by atoms with Gasteiger partial charge in [0, 0.05) is 10.9 Å². The molecular formula is C13H16N4S. The Morgan fingerprint density at radius 3 is 2.56 bits per heavy atom. The van der Waals surface area contributed by atoms with E-state index in [0.29, 0.717) is 11.5 Å². The third kappa shape index (κ3) is 3.13. The minimum absolute atomic E-state index is 0.289. The smallest absolute Gasteiger partial charge is 0.154 e. The Bertz CT molecular complexity index is 514. The number of benzene rings is 1. The van der Waals surface area contributed by atoms with Crippen molar-refractivity contribution in [1.29, 1.82) is 0 Å². The van der Waals surface area contributed by atoms with Crippen molar-refractivity contribution in [2.24, 2.45) is 0 Å². The first-order valence-corrected chi connectivity index (χ1v) is 6.58. The van der Waals surface area contributed by atoms with Gasteiger partial charge in [-0.2, -0.15) is 0 Å². The molecule has 0 bridgehead atoms. The van der Waals surface area contributed by atoms with Gasteiger partial charge in [0.2, 0.25) is 0 Å². The number of hydrogen-bond donors (Lipinski definition) is 2. The summed E-state index contributed by atoms with van der Waals surface area (Å²) >= 11 is 1.54. The molecule has 0 aliphatic carbocycles. The van der Waals surface area contributed by atoms with Gasteiger partial charge < -0.3 is 11.1 Å². The van der Waals surface area contributed by atoms with Crippen LogP contribution in [0.15, 0.2) is 46.6 Å². The summed E-state index contributed by atoms with van der Waals surface area (Å²) in [6.07, 6.45) is 1.53. The Morgan fingerprint density at radius 2 is 1.89 bits per heavy atom. The molecule has 18 heavy (non-hydrogen) atoms. The molecule has 0 aliphatic rings. The highest BCUT2D eigenvalue weighted by Crippen LogP contribution is 2.32. The molecule has 0 atom stereocenters.